The molecule has 1 rings (SSSR count). The SMILES string of the molecule is O=P([O-])([O-])[O-].Oc1ccccc1O.[Li+].[Li+].[Li+]. The van der Waals surface area contributed by atoms with E-state index in [0.717, 1.165) is 0 Å². The van der Waals surface area contributed by atoms with Gasteiger partial charge in [-0.25, -0.2) is 0 Å². The average Bonchev–Trinajstić information content (AvgIpc) is 1.92. The Hall–Kier alpha value is 0.722. The molecule has 0 aromatic heterocycles. The summed E-state index contributed by atoms with van der Waals surface area (Å²) in [6.07, 6.45) is 0. The van der Waals surface area contributed by atoms with E-state index in [1.807, 2.05) is 0 Å². The zero-order valence-electron chi connectivity index (χ0n) is 9.28. The van der Waals surface area contributed by atoms with E-state index in [0.29, 0.717) is 0 Å². The minimum Gasteiger partial charge on any atom is -0.822 e. The van der Waals surface area contributed by atoms with E-state index >= 15 is 0 Å². The first-order valence-corrected chi connectivity index (χ1v) is 4.47. The molecule has 0 aliphatic rings. The summed E-state index contributed by atoms with van der Waals surface area (Å²) < 4.78 is 8.55. The van der Waals surface area contributed by atoms with Crippen molar-refractivity contribution < 1.29 is 86.0 Å². The van der Waals surface area contributed by atoms with Gasteiger partial charge in [-0.2, -0.15) is 7.82 Å². The second-order valence-corrected chi connectivity index (χ2v) is 2.83. The number of benzene rings is 1. The molecule has 6 nitrogen and oxygen atoms in total. The van der Waals surface area contributed by atoms with Crippen molar-refractivity contribution in [1.29, 1.82) is 0 Å². The molecule has 0 radical (unpaired) electrons. The van der Waals surface area contributed by atoms with Crippen LogP contribution in [0.2, 0.25) is 0 Å². The number of phosphoric acid groups is 1. The Balaban J connectivity index is -0.0000000818. The molecule has 0 aliphatic heterocycles. The molecule has 0 saturated carbocycles. The molecule has 16 heavy (non-hydrogen) atoms. The largest absolute Gasteiger partial charge is 1.00 e. The van der Waals surface area contributed by atoms with Gasteiger partial charge in [0.2, 0.25) is 0 Å². The molecular formula is C6H6Li3O6P. The van der Waals surface area contributed by atoms with Crippen LogP contribution >= 0.6 is 7.82 Å². The molecular weight excluding hydrogens is 220 g/mol. The van der Waals surface area contributed by atoms with Crippen LogP contribution in [0, 0.1) is 0 Å². The van der Waals surface area contributed by atoms with E-state index in [1.54, 1.807) is 12.1 Å². The number of hydrogen-bond acceptors (Lipinski definition) is 6. The Bertz CT molecular complexity index is 288. The summed E-state index contributed by atoms with van der Waals surface area (Å²) in [4.78, 5) is 25.6. The molecule has 0 saturated heterocycles. The van der Waals surface area contributed by atoms with Crippen LogP contribution in [0.15, 0.2) is 24.3 Å². The predicted molar refractivity (Wildman–Crippen MR) is 37.4 cm³/mol. The van der Waals surface area contributed by atoms with Gasteiger partial charge >= 0.3 is 56.6 Å². The number of hydrogen-bond donors (Lipinski definition) is 2. The normalized spacial score (nSPS) is 8.19. The van der Waals surface area contributed by atoms with E-state index < -0.39 is 7.82 Å². The van der Waals surface area contributed by atoms with Crippen molar-refractivity contribution in [2.24, 2.45) is 0 Å². The van der Waals surface area contributed by atoms with Crippen LogP contribution in [0.25, 0.3) is 0 Å². The van der Waals surface area contributed by atoms with Crippen LogP contribution in [-0.4, -0.2) is 10.2 Å². The number of phenols is 2. The second kappa shape index (κ2) is 12.2. The summed E-state index contributed by atoms with van der Waals surface area (Å²) in [5.74, 6) is -0.153. The van der Waals surface area contributed by atoms with Crippen molar-refractivity contribution in [3.63, 3.8) is 0 Å². The molecule has 0 atom stereocenters. The van der Waals surface area contributed by atoms with Gasteiger partial charge in [-0.1, -0.05) is 12.1 Å². The van der Waals surface area contributed by atoms with Gasteiger partial charge in [0, 0.05) is 0 Å². The maximum atomic E-state index is 8.67. The summed E-state index contributed by atoms with van der Waals surface area (Å²) in [7, 11) is -5.39. The monoisotopic (exact) mass is 226 g/mol. The van der Waals surface area contributed by atoms with Crippen LogP contribution in [0.4, 0.5) is 0 Å². The van der Waals surface area contributed by atoms with Crippen molar-refractivity contribution >= 4 is 7.82 Å². The molecule has 0 bridgehead atoms. The quantitative estimate of drug-likeness (QED) is 0.257. The third-order valence-corrected chi connectivity index (χ3v) is 0.882. The smallest absolute Gasteiger partial charge is 0.822 e. The molecule has 74 valence electrons. The first-order valence-electron chi connectivity index (χ1n) is 3.00. The van der Waals surface area contributed by atoms with E-state index in [-0.39, 0.29) is 68.1 Å². The van der Waals surface area contributed by atoms with Crippen LogP contribution in [-0.2, 0) is 4.57 Å². The van der Waals surface area contributed by atoms with E-state index in [1.165, 1.54) is 12.1 Å². The van der Waals surface area contributed by atoms with E-state index in [9.17, 15) is 0 Å². The van der Waals surface area contributed by atoms with Crippen molar-refractivity contribution in [1.82, 2.24) is 0 Å². The van der Waals surface area contributed by atoms with Gasteiger partial charge in [-0.05, 0) is 12.1 Å². The van der Waals surface area contributed by atoms with Crippen molar-refractivity contribution in [3.05, 3.63) is 24.3 Å². The zero-order valence-corrected chi connectivity index (χ0v) is 10.2. The number of phenolic OH excluding ortho intramolecular Hbond substituents is 2. The molecule has 0 spiro atoms. The zero-order chi connectivity index (χ0) is 10.5. The average molecular weight is 226 g/mol. The van der Waals surface area contributed by atoms with E-state index in [4.69, 9.17) is 29.5 Å². The summed E-state index contributed by atoms with van der Waals surface area (Å²) in [5, 5.41) is 17.3. The standard InChI is InChI=1S/C6H6O2.3Li.H3O4P/c7-5-3-1-2-4-6(5)8;;;;1-5(2,3)4/h1-4,7-8H;;;;(H3,1,2,3,4)/q;3*+1;/p-3. The molecule has 2 N–H and O–H groups in total. The summed E-state index contributed by atoms with van der Waals surface area (Å²) in [6, 6.07) is 6.15. The molecule has 0 amide bonds. The van der Waals surface area contributed by atoms with Gasteiger partial charge in [0.05, 0.1) is 0 Å². The molecule has 0 heterocycles. The Kier molecular flexibility index (Phi) is 19.5. The van der Waals surface area contributed by atoms with Crippen LogP contribution in [0.1, 0.15) is 0 Å². The molecule has 0 unspecified atom stereocenters. The fourth-order valence-corrected chi connectivity index (χ4v) is 0.464. The van der Waals surface area contributed by atoms with E-state index in [2.05, 4.69) is 0 Å². The molecule has 10 heteroatoms. The molecule has 1 aromatic carbocycles. The topological polar surface area (TPSA) is 127 Å². The second-order valence-electron chi connectivity index (χ2n) is 1.94. The number of para-hydroxylation sites is 2. The predicted octanol–water partition coefficient (Wildman–Crippen LogP) is -10.7. The first kappa shape index (κ1) is 25.5. The van der Waals surface area contributed by atoms with Gasteiger partial charge in [-0.3, -0.25) is 0 Å². The van der Waals surface area contributed by atoms with Gasteiger partial charge in [-0.15, -0.1) is 0 Å². The Labute approximate surface area is 129 Å². The number of rotatable bonds is 0. The molecule has 0 fully saturated rings. The van der Waals surface area contributed by atoms with Crippen LogP contribution < -0.4 is 71.3 Å². The Morgan fingerprint density at radius 1 is 0.875 bits per heavy atom. The van der Waals surface area contributed by atoms with Crippen LogP contribution in [0.3, 0.4) is 0 Å². The summed E-state index contributed by atoms with van der Waals surface area (Å²) in [5.41, 5.74) is 0. The fraction of sp³-hybridized carbons (Fsp3) is 0. The Morgan fingerprint density at radius 3 is 1.19 bits per heavy atom. The van der Waals surface area contributed by atoms with Gasteiger partial charge < -0.3 is 29.5 Å². The van der Waals surface area contributed by atoms with Crippen molar-refractivity contribution in [2.45, 2.75) is 0 Å². The third-order valence-electron chi connectivity index (χ3n) is 0.882. The third kappa shape index (κ3) is 20.2. The van der Waals surface area contributed by atoms with Crippen molar-refractivity contribution in [2.75, 3.05) is 0 Å². The van der Waals surface area contributed by atoms with Gasteiger partial charge in [0.15, 0.2) is 11.5 Å². The molecule has 1 aromatic rings. The fourth-order valence-electron chi connectivity index (χ4n) is 0.464. The first-order chi connectivity index (χ1) is 5.80. The minimum atomic E-state index is -5.39. The molecule has 0 aliphatic carbocycles. The number of aromatic hydroxyl groups is 2. The maximum Gasteiger partial charge on any atom is 1.00 e. The van der Waals surface area contributed by atoms with Crippen LogP contribution in [0.5, 0.6) is 11.5 Å². The van der Waals surface area contributed by atoms with Gasteiger partial charge in [0.1, 0.15) is 0 Å². The van der Waals surface area contributed by atoms with Gasteiger partial charge in [0.25, 0.3) is 0 Å². The Morgan fingerprint density at radius 2 is 1.06 bits per heavy atom. The minimum absolute atomic E-state index is 0. The van der Waals surface area contributed by atoms with Crippen molar-refractivity contribution in [3.8, 4) is 11.5 Å². The summed E-state index contributed by atoms with van der Waals surface area (Å²) in [6.45, 7) is 0. The summed E-state index contributed by atoms with van der Waals surface area (Å²) >= 11 is 0. The maximum absolute atomic E-state index is 8.67.